The third-order valence-corrected chi connectivity index (χ3v) is 3.64. The fraction of sp³-hybridized carbons (Fsp3) is 0.154. The van der Waals surface area contributed by atoms with Crippen molar-refractivity contribution in [1.82, 2.24) is 9.97 Å². The minimum atomic E-state index is -0.336. The second-order valence-corrected chi connectivity index (χ2v) is 5.24. The Hall–Kier alpha value is -1.53. The van der Waals surface area contributed by atoms with Crippen LogP contribution in [-0.2, 0) is 6.54 Å². The lowest BCUT2D eigenvalue weighted by atomic mass is 10.2. The van der Waals surface area contributed by atoms with Crippen molar-refractivity contribution in [2.45, 2.75) is 13.5 Å². The van der Waals surface area contributed by atoms with Crippen molar-refractivity contribution in [3.63, 3.8) is 0 Å². The van der Waals surface area contributed by atoms with Gasteiger partial charge >= 0.3 is 0 Å². The Morgan fingerprint density at radius 1 is 1.45 bits per heavy atom. The van der Waals surface area contributed by atoms with Gasteiger partial charge in [-0.25, -0.2) is 14.4 Å². The van der Waals surface area contributed by atoms with Gasteiger partial charge in [-0.2, -0.15) is 0 Å². The lowest BCUT2D eigenvalue weighted by molar-refractivity contribution is 0.112. The Bertz CT molecular complexity index is 666. The maximum absolute atomic E-state index is 13.2. The highest BCUT2D eigenvalue weighted by atomic mass is 79.9. The van der Waals surface area contributed by atoms with Crippen LogP contribution < -0.4 is 5.32 Å². The number of anilines is 1. The van der Waals surface area contributed by atoms with Crippen molar-refractivity contribution in [3.05, 3.63) is 50.6 Å². The van der Waals surface area contributed by atoms with Gasteiger partial charge in [-0.1, -0.05) is 27.5 Å². The van der Waals surface area contributed by atoms with Crippen molar-refractivity contribution in [2.75, 3.05) is 5.32 Å². The molecule has 0 spiro atoms. The van der Waals surface area contributed by atoms with Gasteiger partial charge in [0.25, 0.3) is 0 Å². The minimum Gasteiger partial charge on any atom is -0.365 e. The number of aryl methyl sites for hydroxylation is 1. The Morgan fingerprint density at radius 2 is 2.20 bits per heavy atom. The van der Waals surface area contributed by atoms with E-state index in [0.717, 1.165) is 4.47 Å². The molecule has 0 unspecified atom stereocenters. The number of hydrogen-bond acceptors (Lipinski definition) is 4. The Kier molecular flexibility index (Phi) is 4.67. The first-order chi connectivity index (χ1) is 9.51. The smallest absolute Gasteiger partial charge is 0.156 e. The lowest BCUT2D eigenvalue weighted by Gasteiger charge is -2.10. The van der Waals surface area contributed by atoms with Crippen molar-refractivity contribution in [3.8, 4) is 0 Å². The highest BCUT2D eigenvalue weighted by molar-refractivity contribution is 9.10. The summed E-state index contributed by atoms with van der Waals surface area (Å²) in [4.78, 5) is 19.0. The van der Waals surface area contributed by atoms with Gasteiger partial charge in [-0.15, -0.1) is 0 Å². The molecule has 1 aromatic heterocycles. The van der Waals surface area contributed by atoms with Crippen molar-refractivity contribution in [2.24, 2.45) is 0 Å². The van der Waals surface area contributed by atoms with Gasteiger partial charge in [0.15, 0.2) is 6.29 Å². The molecule has 1 aromatic carbocycles. The standard InChI is InChI=1S/C13H10BrClFN3O/c1-7-18-12(15)10(6-20)13(19-7)17-5-8-4-9(16)2-3-11(8)14/h2-4,6H,5H2,1H3,(H,17,18,19). The molecule has 0 aliphatic carbocycles. The van der Waals surface area contributed by atoms with Gasteiger partial charge in [-0.3, -0.25) is 4.79 Å². The monoisotopic (exact) mass is 357 g/mol. The molecular weight excluding hydrogens is 349 g/mol. The Morgan fingerprint density at radius 3 is 2.90 bits per heavy atom. The lowest BCUT2D eigenvalue weighted by Crippen LogP contribution is -2.08. The number of rotatable bonds is 4. The summed E-state index contributed by atoms with van der Waals surface area (Å²) in [6, 6.07) is 4.37. The second kappa shape index (κ2) is 6.28. The van der Waals surface area contributed by atoms with Crippen LogP contribution in [0.2, 0.25) is 5.15 Å². The van der Waals surface area contributed by atoms with Gasteiger partial charge in [0, 0.05) is 11.0 Å². The minimum absolute atomic E-state index is 0.0910. The molecule has 7 heteroatoms. The van der Waals surface area contributed by atoms with Gasteiger partial charge in [0.05, 0.1) is 5.56 Å². The number of carbonyl (C=O) groups is 1. The molecule has 1 heterocycles. The molecule has 0 atom stereocenters. The van der Waals surface area contributed by atoms with Crippen LogP contribution in [0.25, 0.3) is 0 Å². The molecule has 0 aliphatic rings. The summed E-state index contributed by atoms with van der Waals surface area (Å²) in [6.45, 7) is 1.97. The van der Waals surface area contributed by atoms with Crippen LogP contribution in [0, 0.1) is 12.7 Å². The Balaban J connectivity index is 2.27. The number of aromatic nitrogens is 2. The SMILES string of the molecule is Cc1nc(Cl)c(C=O)c(NCc2cc(F)ccc2Br)n1. The summed E-state index contributed by atoms with van der Waals surface area (Å²) in [7, 11) is 0. The van der Waals surface area contributed by atoms with E-state index >= 15 is 0 Å². The molecule has 0 radical (unpaired) electrons. The van der Waals surface area contributed by atoms with E-state index in [1.165, 1.54) is 12.1 Å². The van der Waals surface area contributed by atoms with Crippen LogP contribution in [0.5, 0.6) is 0 Å². The van der Waals surface area contributed by atoms with Crippen LogP contribution in [0.3, 0.4) is 0 Å². The predicted molar refractivity (Wildman–Crippen MR) is 78.6 cm³/mol. The molecule has 0 saturated heterocycles. The van der Waals surface area contributed by atoms with E-state index in [2.05, 4.69) is 31.2 Å². The first-order valence-corrected chi connectivity index (χ1v) is 6.85. The molecular formula is C13H10BrClFN3O. The normalized spacial score (nSPS) is 10.4. The fourth-order valence-corrected chi connectivity index (χ4v) is 2.29. The highest BCUT2D eigenvalue weighted by Gasteiger charge is 2.11. The van der Waals surface area contributed by atoms with Crippen LogP contribution in [0.4, 0.5) is 10.2 Å². The van der Waals surface area contributed by atoms with E-state index in [4.69, 9.17) is 11.6 Å². The fourth-order valence-electron chi connectivity index (χ4n) is 1.64. The number of nitrogens with one attached hydrogen (secondary N) is 1. The molecule has 0 fully saturated rings. The van der Waals surface area contributed by atoms with E-state index in [0.29, 0.717) is 30.0 Å². The van der Waals surface area contributed by atoms with E-state index in [-0.39, 0.29) is 16.5 Å². The zero-order valence-electron chi connectivity index (χ0n) is 10.5. The van der Waals surface area contributed by atoms with Crippen LogP contribution in [-0.4, -0.2) is 16.3 Å². The quantitative estimate of drug-likeness (QED) is 0.668. The molecule has 0 saturated carbocycles. The number of hydrogen-bond donors (Lipinski definition) is 1. The van der Waals surface area contributed by atoms with Crippen molar-refractivity contribution >= 4 is 39.6 Å². The first-order valence-electron chi connectivity index (χ1n) is 5.68. The topological polar surface area (TPSA) is 54.9 Å². The molecule has 0 bridgehead atoms. The third kappa shape index (κ3) is 3.32. The maximum Gasteiger partial charge on any atom is 0.156 e. The average Bonchev–Trinajstić information content (AvgIpc) is 2.39. The molecule has 104 valence electrons. The molecule has 0 amide bonds. The summed E-state index contributed by atoms with van der Waals surface area (Å²) in [5.74, 6) is 0.438. The van der Waals surface area contributed by atoms with E-state index in [1.54, 1.807) is 13.0 Å². The number of carbonyl (C=O) groups excluding carboxylic acids is 1. The molecule has 4 nitrogen and oxygen atoms in total. The molecule has 2 rings (SSSR count). The van der Waals surface area contributed by atoms with Crippen LogP contribution in [0.15, 0.2) is 22.7 Å². The van der Waals surface area contributed by atoms with Gasteiger partial charge in [0.2, 0.25) is 0 Å². The zero-order valence-corrected chi connectivity index (χ0v) is 12.8. The van der Waals surface area contributed by atoms with Crippen molar-refractivity contribution in [1.29, 1.82) is 0 Å². The third-order valence-electron chi connectivity index (χ3n) is 2.58. The summed E-state index contributed by atoms with van der Waals surface area (Å²) in [6.07, 6.45) is 0.588. The van der Waals surface area contributed by atoms with Crippen LogP contribution in [0.1, 0.15) is 21.7 Å². The summed E-state index contributed by atoms with van der Waals surface area (Å²) < 4.78 is 14.0. The summed E-state index contributed by atoms with van der Waals surface area (Å²) in [5, 5.41) is 3.06. The zero-order chi connectivity index (χ0) is 14.7. The van der Waals surface area contributed by atoms with E-state index in [9.17, 15) is 9.18 Å². The first kappa shape index (κ1) is 14.9. The number of aldehydes is 1. The average molecular weight is 359 g/mol. The highest BCUT2D eigenvalue weighted by Crippen LogP contribution is 2.22. The van der Waals surface area contributed by atoms with E-state index in [1.807, 2.05) is 0 Å². The van der Waals surface area contributed by atoms with Gasteiger partial charge in [0.1, 0.15) is 22.6 Å². The summed E-state index contributed by atoms with van der Waals surface area (Å²) in [5.41, 5.74) is 0.888. The molecule has 0 aliphatic heterocycles. The molecule has 20 heavy (non-hydrogen) atoms. The summed E-state index contributed by atoms with van der Waals surface area (Å²) >= 11 is 9.21. The maximum atomic E-state index is 13.2. The largest absolute Gasteiger partial charge is 0.365 e. The van der Waals surface area contributed by atoms with Crippen LogP contribution >= 0.6 is 27.5 Å². The van der Waals surface area contributed by atoms with Gasteiger partial charge < -0.3 is 5.32 Å². The van der Waals surface area contributed by atoms with Crippen molar-refractivity contribution < 1.29 is 9.18 Å². The van der Waals surface area contributed by atoms with Gasteiger partial charge in [-0.05, 0) is 30.7 Å². The number of halogens is 3. The Labute approximate surface area is 128 Å². The molecule has 1 N–H and O–H groups in total. The second-order valence-electron chi connectivity index (χ2n) is 4.03. The van der Waals surface area contributed by atoms with E-state index < -0.39 is 0 Å². The molecule has 2 aromatic rings. The number of benzene rings is 1. The predicted octanol–water partition coefficient (Wildman–Crippen LogP) is 3.76. The number of nitrogens with zero attached hydrogens (tertiary/aromatic N) is 2.